The minimum atomic E-state index is -2.65. The number of methoxy groups -OCH3 is 1. The van der Waals surface area contributed by atoms with Gasteiger partial charge in [0, 0.05) is 0 Å². The van der Waals surface area contributed by atoms with Crippen molar-refractivity contribution in [2.75, 3.05) is 7.11 Å². The van der Waals surface area contributed by atoms with Crippen LogP contribution in [-0.2, 0) is 4.43 Å². The zero-order valence-corrected chi connectivity index (χ0v) is 21.9. The van der Waals surface area contributed by atoms with Gasteiger partial charge in [-0.2, -0.15) is 0 Å². The summed E-state index contributed by atoms with van der Waals surface area (Å²) in [4.78, 5) is 13.4. The molecule has 0 amide bonds. The maximum atomic E-state index is 13.4. The Bertz CT molecular complexity index is 689. The van der Waals surface area contributed by atoms with E-state index in [4.69, 9.17) is 13.9 Å². The lowest BCUT2D eigenvalue weighted by Crippen LogP contribution is -2.61. The first-order chi connectivity index (χ1) is 12.8. The fourth-order valence-electron chi connectivity index (χ4n) is 5.24. The van der Waals surface area contributed by atoms with E-state index in [1.54, 1.807) is 25.3 Å². The highest BCUT2D eigenvalue weighted by atomic mass is 28.4. The molecule has 0 saturated carbocycles. The topological polar surface area (TPSA) is 44.8 Å². The maximum Gasteiger partial charge on any atom is 0.325 e. The number of carbonyl (C=O) groups is 1. The van der Waals surface area contributed by atoms with E-state index in [1.165, 1.54) is 0 Å². The SMILES string of the molecule is COc1cc(C(=O)O[Si](C(C)(C)C)(C(C)(C)C)C(C)(C)C)ccc1OC(C)(C)C. The van der Waals surface area contributed by atoms with Crippen molar-refractivity contribution in [2.45, 2.75) is 104 Å². The summed E-state index contributed by atoms with van der Waals surface area (Å²) in [5.41, 5.74) is 0.125. The van der Waals surface area contributed by atoms with Gasteiger partial charge in [0.2, 0.25) is 0 Å². The van der Waals surface area contributed by atoms with Gasteiger partial charge in [-0.15, -0.1) is 0 Å². The minimum Gasteiger partial charge on any atom is -0.514 e. The molecule has 4 nitrogen and oxygen atoms in total. The van der Waals surface area contributed by atoms with Crippen LogP contribution >= 0.6 is 0 Å². The van der Waals surface area contributed by atoms with Crippen LogP contribution in [0.25, 0.3) is 0 Å². The predicted molar refractivity (Wildman–Crippen MR) is 124 cm³/mol. The van der Waals surface area contributed by atoms with Gasteiger partial charge in [-0.3, -0.25) is 0 Å². The van der Waals surface area contributed by atoms with Crippen molar-refractivity contribution in [1.82, 2.24) is 0 Å². The molecule has 0 aliphatic heterocycles. The van der Waals surface area contributed by atoms with E-state index in [1.807, 2.05) is 20.8 Å². The van der Waals surface area contributed by atoms with Gasteiger partial charge in [0.25, 0.3) is 8.32 Å². The summed E-state index contributed by atoms with van der Waals surface area (Å²) in [5, 5.41) is -0.421. The molecule has 0 spiro atoms. The van der Waals surface area contributed by atoms with Crippen molar-refractivity contribution in [1.29, 1.82) is 0 Å². The van der Waals surface area contributed by atoms with Gasteiger partial charge in [-0.05, 0) is 54.1 Å². The lowest BCUT2D eigenvalue weighted by atomic mass is 10.1. The number of benzene rings is 1. The molecule has 5 heteroatoms. The number of ether oxygens (including phenoxy) is 2. The van der Waals surface area contributed by atoms with E-state index in [2.05, 4.69) is 62.3 Å². The third kappa shape index (κ3) is 5.36. The van der Waals surface area contributed by atoms with Crippen molar-refractivity contribution in [2.24, 2.45) is 0 Å². The standard InChI is InChI=1S/C24H42O4Si/c1-21(2,3)27-18-15-14-17(16-19(18)26-13)20(25)28-29(22(4,5)6,23(7,8)9)24(10,11)12/h14-16H,1-13H3. The van der Waals surface area contributed by atoms with Crippen LogP contribution < -0.4 is 9.47 Å². The van der Waals surface area contributed by atoms with Gasteiger partial charge in [-0.25, -0.2) is 4.79 Å². The molecule has 0 unspecified atom stereocenters. The smallest absolute Gasteiger partial charge is 0.325 e. The molecule has 0 heterocycles. The Morgan fingerprint density at radius 1 is 0.759 bits per heavy atom. The first-order valence-electron chi connectivity index (χ1n) is 10.4. The number of carbonyl (C=O) groups excluding carboxylic acids is 1. The molecule has 0 aliphatic rings. The second kappa shape index (κ2) is 7.97. The molecule has 0 aliphatic carbocycles. The average Bonchev–Trinajstić information content (AvgIpc) is 2.47. The van der Waals surface area contributed by atoms with Crippen LogP contribution in [0.15, 0.2) is 18.2 Å². The van der Waals surface area contributed by atoms with E-state index in [-0.39, 0.29) is 26.7 Å². The normalized spacial score (nSPS) is 13.8. The summed E-state index contributed by atoms with van der Waals surface area (Å²) in [6, 6.07) is 5.27. The van der Waals surface area contributed by atoms with Gasteiger partial charge >= 0.3 is 5.97 Å². The monoisotopic (exact) mass is 422 g/mol. The van der Waals surface area contributed by atoms with Crippen molar-refractivity contribution in [3.05, 3.63) is 23.8 Å². The largest absolute Gasteiger partial charge is 0.514 e. The van der Waals surface area contributed by atoms with Crippen molar-refractivity contribution in [3.63, 3.8) is 0 Å². The van der Waals surface area contributed by atoms with Gasteiger partial charge in [0.05, 0.1) is 12.7 Å². The molecule has 0 atom stereocenters. The second-order valence-corrected chi connectivity index (χ2v) is 18.0. The quantitative estimate of drug-likeness (QED) is 0.475. The Hall–Kier alpha value is -1.49. The highest BCUT2D eigenvalue weighted by Crippen LogP contribution is 2.62. The first kappa shape index (κ1) is 25.5. The third-order valence-corrected chi connectivity index (χ3v) is 12.1. The van der Waals surface area contributed by atoms with E-state index < -0.39 is 8.32 Å². The molecule has 1 aromatic carbocycles. The third-order valence-electron chi connectivity index (χ3n) is 5.23. The Morgan fingerprint density at radius 3 is 1.55 bits per heavy atom. The number of hydrogen-bond acceptors (Lipinski definition) is 4. The van der Waals surface area contributed by atoms with Crippen LogP contribution in [0.1, 0.15) is 93.4 Å². The van der Waals surface area contributed by atoms with E-state index in [9.17, 15) is 4.79 Å². The summed E-state index contributed by atoms with van der Waals surface area (Å²) in [7, 11) is -1.07. The summed E-state index contributed by atoms with van der Waals surface area (Å²) in [6.07, 6.45) is 0. The maximum absolute atomic E-state index is 13.4. The van der Waals surface area contributed by atoms with Crippen molar-refractivity contribution >= 4 is 14.3 Å². The van der Waals surface area contributed by atoms with E-state index >= 15 is 0 Å². The summed E-state index contributed by atoms with van der Waals surface area (Å²) < 4.78 is 18.0. The first-order valence-corrected chi connectivity index (χ1v) is 12.3. The summed E-state index contributed by atoms with van der Waals surface area (Å²) >= 11 is 0. The van der Waals surface area contributed by atoms with Crippen molar-refractivity contribution in [3.8, 4) is 11.5 Å². The molecule has 0 saturated heterocycles. The van der Waals surface area contributed by atoms with Crippen molar-refractivity contribution < 1.29 is 18.7 Å². The summed E-state index contributed by atoms with van der Waals surface area (Å²) in [6.45, 7) is 25.7. The highest BCUT2D eigenvalue weighted by molar-refractivity contribution is 6.83. The molecule has 0 N–H and O–H groups in total. The Labute approximate surface area is 179 Å². The zero-order valence-electron chi connectivity index (χ0n) is 20.9. The Kier molecular flexibility index (Phi) is 7.02. The second-order valence-electron chi connectivity index (χ2n) is 11.9. The highest BCUT2D eigenvalue weighted by Gasteiger charge is 2.64. The Morgan fingerprint density at radius 2 is 1.21 bits per heavy atom. The molecule has 0 radical (unpaired) electrons. The van der Waals surface area contributed by atoms with Crippen LogP contribution in [0.2, 0.25) is 15.1 Å². The fraction of sp³-hybridized carbons (Fsp3) is 0.708. The molecule has 1 rings (SSSR count). The average molecular weight is 423 g/mol. The van der Waals surface area contributed by atoms with E-state index in [0.29, 0.717) is 17.1 Å². The molecule has 0 aromatic heterocycles. The molecule has 166 valence electrons. The minimum absolute atomic E-state index is 0.140. The van der Waals surface area contributed by atoms with Gasteiger partial charge < -0.3 is 13.9 Å². The molecule has 29 heavy (non-hydrogen) atoms. The van der Waals surface area contributed by atoms with Gasteiger partial charge in [0.1, 0.15) is 5.60 Å². The van der Waals surface area contributed by atoms with Gasteiger partial charge in [-0.1, -0.05) is 62.3 Å². The molecular formula is C24H42O4Si. The molecular weight excluding hydrogens is 380 g/mol. The van der Waals surface area contributed by atoms with E-state index in [0.717, 1.165) is 0 Å². The molecule has 0 fully saturated rings. The lowest BCUT2D eigenvalue weighted by Gasteiger charge is -2.56. The fourth-order valence-corrected chi connectivity index (χ4v) is 13.3. The summed E-state index contributed by atoms with van der Waals surface area (Å²) in [5.74, 6) is 0.850. The predicted octanol–water partition coefficient (Wildman–Crippen LogP) is 7.38. The van der Waals surface area contributed by atoms with Crippen LogP contribution in [0.4, 0.5) is 0 Å². The Balaban J connectivity index is 3.46. The lowest BCUT2D eigenvalue weighted by molar-refractivity contribution is 0.0678. The van der Waals surface area contributed by atoms with Crippen LogP contribution in [0, 0.1) is 0 Å². The van der Waals surface area contributed by atoms with Gasteiger partial charge in [0.15, 0.2) is 11.5 Å². The van der Waals surface area contributed by atoms with Crippen LogP contribution in [-0.4, -0.2) is 27.0 Å². The van der Waals surface area contributed by atoms with Crippen LogP contribution in [0.5, 0.6) is 11.5 Å². The molecule has 0 bridgehead atoms. The molecule has 1 aromatic rings. The van der Waals surface area contributed by atoms with Crippen LogP contribution in [0.3, 0.4) is 0 Å². The number of hydrogen-bond donors (Lipinski definition) is 0. The number of rotatable bonds is 4. The zero-order chi connectivity index (χ0) is 23.1.